The molecule has 5 heteroatoms. The number of carbonyl (C=O) groups is 1. The molecule has 0 aliphatic heterocycles. The Morgan fingerprint density at radius 2 is 1.38 bits per heavy atom. The summed E-state index contributed by atoms with van der Waals surface area (Å²) >= 11 is 0. The molecule has 2 saturated carbocycles. The minimum atomic E-state index is -0.378. The summed E-state index contributed by atoms with van der Waals surface area (Å²) in [4.78, 5) is 14.6. The van der Waals surface area contributed by atoms with Crippen molar-refractivity contribution >= 4 is 22.2 Å². The van der Waals surface area contributed by atoms with Gasteiger partial charge in [-0.1, -0.05) is 99.2 Å². The smallest absolute Gasteiger partial charge is 0.165 e. The van der Waals surface area contributed by atoms with E-state index in [0.29, 0.717) is 30.1 Å². The number of likely N-dealkylation sites (N-methyl/N-ethyl adjacent to an activating group) is 1. The third-order valence-corrected chi connectivity index (χ3v) is 8.55. The Morgan fingerprint density at radius 1 is 0.795 bits per heavy atom. The van der Waals surface area contributed by atoms with Crippen LogP contribution < -0.4 is 21.7 Å². The summed E-state index contributed by atoms with van der Waals surface area (Å²) in [5, 5.41) is 13.4. The predicted molar refractivity (Wildman–Crippen MR) is 162 cm³/mol. The Kier molecular flexibility index (Phi) is 9.67. The van der Waals surface area contributed by atoms with Crippen molar-refractivity contribution < 1.29 is 4.79 Å². The molecule has 2 aliphatic rings. The summed E-state index contributed by atoms with van der Waals surface area (Å²) in [6.07, 6.45) is 13.5. The molecule has 1 unspecified atom stereocenters. The first kappa shape index (κ1) is 27.8. The van der Waals surface area contributed by atoms with E-state index < -0.39 is 0 Å². The molecule has 0 saturated heterocycles. The second-order valence-electron chi connectivity index (χ2n) is 11.4. The van der Waals surface area contributed by atoms with Gasteiger partial charge in [0.25, 0.3) is 0 Å². The number of fused-ring (bicyclic) bond motifs is 1. The van der Waals surface area contributed by atoms with Gasteiger partial charge < -0.3 is 11.1 Å². The molecule has 0 spiro atoms. The highest BCUT2D eigenvalue weighted by Gasteiger charge is 2.39. The number of nitrogens with two attached hydrogens (primary N) is 1. The van der Waals surface area contributed by atoms with E-state index in [0.717, 1.165) is 43.0 Å². The maximum atomic E-state index is 14.6. The molecule has 0 amide bonds. The molecule has 3 aromatic carbocycles. The van der Waals surface area contributed by atoms with Gasteiger partial charge in [-0.2, -0.15) is 0 Å². The van der Waals surface area contributed by atoms with Crippen LogP contribution in [0.5, 0.6) is 0 Å². The first-order valence-electron chi connectivity index (χ1n) is 14.9. The number of anilines is 1. The minimum Gasteiger partial charge on any atom is -0.398 e. The van der Waals surface area contributed by atoms with Gasteiger partial charge in [-0.25, -0.2) is 0 Å². The van der Waals surface area contributed by atoms with Crippen LogP contribution in [0.25, 0.3) is 10.8 Å². The number of hydrogen-bond acceptors (Lipinski definition) is 5. The van der Waals surface area contributed by atoms with E-state index in [-0.39, 0.29) is 11.8 Å². The van der Waals surface area contributed by atoms with Gasteiger partial charge in [0.1, 0.15) is 12.1 Å². The maximum absolute atomic E-state index is 14.6. The minimum absolute atomic E-state index is 0.0742. The van der Waals surface area contributed by atoms with Gasteiger partial charge in [0.2, 0.25) is 0 Å². The van der Waals surface area contributed by atoms with Crippen molar-refractivity contribution in [1.82, 2.24) is 16.0 Å². The van der Waals surface area contributed by atoms with Gasteiger partial charge in [-0.15, -0.1) is 0 Å². The Hall–Kier alpha value is -2.73. The Balaban J connectivity index is 1.46. The normalized spacial score (nSPS) is 18.1. The van der Waals surface area contributed by atoms with Gasteiger partial charge in [0, 0.05) is 17.8 Å². The van der Waals surface area contributed by atoms with Crippen LogP contribution in [-0.2, 0) is 11.2 Å². The van der Waals surface area contributed by atoms with Crippen LogP contribution in [0.3, 0.4) is 0 Å². The number of Topliss-reactive ketones (excluding diaryl/α,β-unsaturated/α-hetero) is 1. The van der Waals surface area contributed by atoms with E-state index in [1.807, 2.05) is 31.3 Å². The van der Waals surface area contributed by atoms with Crippen LogP contribution in [0.15, 0.2) is 66.7 Å². The number of ketones is 1. The van der Waals surface area contributed by atoms with Crippen molar-refractivity contribution in [2.75, 3.05) is 12.8 Å². The third-order valence-electron chi connectivity index (χ3n) is 8.55. The summed E-state index contributed by atoms with van der Waals surface area (Å²) in [5.74, 6) is 0.759. The zero-order chi connectivity index (χ0) is 27.0. The quantitative estimate of drug-likeness (QED) is 0.229. The number of rotatable bonds is 11. The van der Waals surface area contributed by atoms with Crippen molar-refractivity contribution in [3.05, 3.63) is 89.9 Å². The van der Waals surface area contributed by atoms with Crippen LogP contribution in [0, 0.1) is 12.1 Å². The van der Waals surface area contributed by atoms with E-state index in [1.54, 1.807) is 0 Å². The van der Waals surface area contributed by atoms with Gasteiger partial charge in [0.05, 0.1) is 6.04 Å². The SMILES string of the molecule is CNC(Cc1ccc2ccccc2c1)C(=O)[C]([C](NC1CCCCC1)NC1CCCCC1)c1ccccc1N. The summed E-state index contributed by atoms with van der Waals surface area (Å²) < 4.78 is 0. The average molecular weight is 525 g/mol. The fourth-order valence-electron chi connectivity index (χ4n) is 6.30. The van der Waals surface area contributed by atoms with Gasteiger partial charge in [-0.05, 0) is 67.1 Å². The molecule has 206 valence electrons. The molecule has 5 nitrogen and oxygen atoms in total. The number of hydrogen-bond donors (Lipinski definition) is 4. The average Bonchev–Trinajstić information content (AvgIpc) is 2.98. The summed E-state index contributed by atoms with van der Waals surface area (Å²) in [5.41, 5.74) is 9.14. The molecule has 2 radical (unpaired) electrons. The number of carbonyl (C=O) groups excluding carboxylic acids is 1. The topological polar surface area (TPSA) is 79.2 Å². The molecule has 0 aromatic heterocycles. The molecule has 5 rings (SSSR count). The van der Waals surface area contributed by atoms with Crippen LogP contribution in [0.2, 0.25) is 0 Å². The Bertz CT molecular complexity index is 1190. The van der Waals surface area contributed by atoms with Crippen LogP contribution >= 0.6 is 0 Å². The van der Waals surface area contributed by atoms with Crippen LogP contribution in [0.1, 0.15) is 75.3 Å². The fraction of sp³-hybridized carbons (Fsp3) is 0.441. The molecule has 3 aromatic rings. The van der Waals surface area contributed by atoms with E-state index in [4.69, 9.17) is 5.73 Å². The highest BCUT2D eigenvalue weighted by atomic mass is 16.1. The van der Waals surface area contributed by atoms with Gasteiger partial charge in [-0.3, -0.25) is 15.4 Å². The summed E-state index contributed by atoms with van der Waals surface area (Å²) in [7, 11) is 1.89. The summed E-state index contributed by atoms with van der Waals surface area (Å²) in [6.45, 7) is 0. The van der Waals surface area contributed by atoms with Crippen LogP contribution in [0.4, 0.5) is 5.69 Å². The maximum Gasteiger partial charge on any atom is 0.165 e. The zero-order valence-electron chi connectivity index (χ0n) is 23.3. The zero-order valence-corrected chi connectivity index (χ0v) is 23.3. The third kappa shape index (κ3) is 7.08. The molecule has 0 bridgehead atoms. The largest absolute Gasteiger partial charge is 0.398 e. The predicted octanol–water partition coefficient (Wildman–Crippen LogP) is 6.08. The number of para-hydroxylation sites is 1. The lowest BCUT2D eigenvalue weighted by molar-refractivity contribution is -0.118. The highest BCUT2D eigenvalue weighted by Crippen LogP contribution is 2.33. The summed E-state index contributed by atoms with van der Waals surface area (Å²) in [6, 6.07) is 23.0. The van der Waals surface area contributed by atoms with Crippen molar-refractivity contribution in [2.24, 2.45) is 0 Å². The van der Waals surface area contributed by atoms with E-state index in [9.17, 15) is 4.79 Å². The fourth-order valence-corrected chi connectivity index (χ4v) is 6.30. The standard InChI is InChI=1S/C34H44N4O/c1-36-31(23-24-20-21-25-12-8-9-13-26(25)22-24)33(39)32(29-18-10-11-19-30(29)35)34(37-27-14-4-2-5-15-27)38-28-16-6-3-7-17-28/h8-13,18-22,27-28,31,36-38H,2-7,14-17,23,35H2,1H3. The number of nitrogens with one attached hydrogen (secondary N) is 3. The van der Waals surface area contributed by atoms with Crippen LogP contribution in [-0.4, -0.2) is 31.0 Å². The lowest BCUT2D eigenvalue weighted by Crippen LogP contribution is -2.53. The Morgan fingerprint density at radius 3 is 2.00 bits per heavy atom. The molecule has 2 aliphatic carbocycles. The molecule has 2 fully saturated rings. The van der Waals surface area contributed by atoms with E-state index >= 15 is 0 Å². The molecular weight excluding hydrogens is 480 g/mol. The van der Waals surface area contributed by atoms with E-state index in [2.05, 4.69) is 58.4 Å². The molecule has 5 N–H and O–H groups in total. The van der Waals surface area contributed by atoms with Gasteiger partial charge >= 0.3 is 0 Å². The van der Waals surface area contributed by atoms with Crippen molar-refractivity contribution in [3.63, 3.8) is 0 Å². The number of nitrogen functional groups attached to an aromatic ring is 1. The molecule has 39 heavy (non-hydrogen) atoms. The van der Waals surface area contributed by atoms with Crippen molar-refractivity contribution in [3.8, 4) is 0 Å². The van der Waals surface area contributed by atoms with Crippen molar-refractivity contribution in [2.45, 2.75) is 88.8 Å². The van der Waals surface area contributed by atoms with E-state index in [1.165, 1.54) is 49.3 Å². The Labute approximate surface area is 234 Å². The van der Waals surface area contributed by atoms with Gasteiger partial charge in [0.15, 0.2) is 5.78 Å². The highest BCUT2D eigenvalue weighted by molar-refractivity contribution is 6.04. The second kappa shape index (κ2) is 13.6. The monoisotopic (exact) mass is 524 g/mol. The lowest BCUT2D eigenvalue weighted by Gasteiger charge is -2.37. The number of benzene rings is 3. The lowest BCUT2D eigenvalue weighted by atomic mass is 9.83. The molecule has 0 heterocycles. The first-order chi connectivity index (χ1) is 19.1. The first-order valence-corrected chi connectivity index (χ1v) is 14.9. The molecular formula is C34H44N4O. The second-order valence-corrected chi connectivity index (χ2v) is 11.4. The molecule has 1 atom stereocenters. The van der Waals surface area contributed by atoms with Crippen molar-refractivity contribution in [1.29, 1.82) is 0 Å².